The number of nitrogens with two attached hydrogens (primary N) is 3. The molecule has 3 aromatic heterocycles. The molecule has 19 heteroatoms. The van der Waals surface area contributed by atoms with E-state index in [2.05, 4.69) is 33.2 Å². The summed E-state index contributed by atoms with van der Waals surface area (Å²) in [5.74, 6) is 0.460. The molecule has 0 aliphatic carbocycles. The number of nitrogens with zero attached hydrogens (tertiary/aromatic N) is 6. The summed E-state index contributed by atoms with van der Waals surface area (Å²) >= 11 is 0. The number of oxazole rings is 1. The Morgan fingerprint density at radius 3 is 1.97 bits per heavy atom. The van der Waals surface area contributed by atoms with Crippen LogP contribution in [0.4, 0.5) is 11.8 Å². The predicted molar refractivity (Wildman–Crippen MR) is 233 cm³/mol. The summed E-state index contributed by atoms with van der Waals surface area (Å²) < 4.78 is 49.7. The van der Waals surface area contributed by atoms with Gasteiger partial charge in [0.05, 0.1) is 111 Å². The molecule has 4 heterocycles. The van der Waals surface area contributed by atoms with Crippen molar-refractivity contribution in [2.24, 2.45) is 5.73 Å². The van der Waals surface area contributed by atoms with Crippen LogP contribution in [0, 0.1) is 0 Å². The van der Waals surface area contributed by atoms with E-state index in [0.717, 1.165) is 29.7 Å². The first-order chi connectivity index (χ1) is 30.4. The zero-order valence-electron chi connectivity index (χ0n) is 36.1. The number of hydrogen-bond acceptors (Lipinski definition) is 17. The Hall–Kier alpha value is -4.83. The number of rotatable bonds is 28. The number of anilines is 2. The fourth-order valence-electron chi connectivity index (χ4n) is 6.53. The standard InChI is InChI=1S/C29H32N8O4.C14H31NO6/c1-2-39-11-12-40-10-8-24(38)36-9-7-19-13-18(3-4-21(19)16-36)15-37-28-25(27(30)32-17-33-28)26(35-37)20-5-6-23-22(14-20)34-29(31)41-23;1-2-16-5-6-18-9-10-20-13-14-21-12-11-19-8-7-17-4-3-15/h3-6,13-14,17H,2,7-12,15-16H2,1H3,(H2,31,34)(H2,30,32,33);2-15H2,1H3. The van der Waals surface area contributed by atoms with Crippen molar-refractivity contribution in [1.29, 1.82) is 0 Å². The molecule has 2 aromatic carbocycles. The smallest absolute Gasteiger partial charge is 0.292 e. The van der Waals surface area contributed by atoms with Crippen molar-refractivity contribution in [2.75, 3.05) is 130 Å². The van der Waals surface area contributed by atoms with Crippen LogP contribution in [0.5, 0.6) is 0 Å². The van der Waals surface area contributed by atoms with Crippen LogP contribution in [0.3, 0.4) is 0 Å². The predicted octanol–water partition coefficient (Wildman–Crippen LogP) is 3.24. The van der Waals surface area contributed by atoms with Crippen LogP contribution in [-0.2, 0) is 62.2 Å². The highest BCUT2D eigenvalue weighted by atomic mass is 16.6. The van der Waals surface area contributed by atoms with Crippen molar-refractivity contribution >= 4 is 39.9 Å². The Labute approximate surface area is 362 Å². The average molecular weight is 866 g/mol. The largest absolute Gasteiger partial charge is 0.424 e. The van der Waals surface area contributed by atoms with Crippen LogP contribution in [0.25, 0.3) is 33.4 Å². The van der Waals surface area contributed by atoms with Crippen molar-refractivity contribution in [2.45, 2.75) is 39.8 Å². The molecule has 0 bridgehead atoms. The number of fused-ring (bicyclic) bond motifs is 3. The van der Waals surface area contributed by atoms with Crippen LogP contribution in [0.2, 0.25) is 0 Å². The maximum atomic E-state index is 12.7. The molecule has 0 radical (unpaired) electrons. The van der Waals surface area contributed by atoms with Gasteiger partial charge in [-0.3, -0.25) is 4.79 Å². The normalized spacial score (nSPS) is 12.5. The van der Waals surface area contributed by atoms with E-state index in [1.165, 1.54) is 11.9 Å². The molecule has 19 nitrogen and oxygen atoms in total. The summed E-state index contributed by atoms with van der Waals surface area (Å²) in [6.07, 6.45) is 2.61. The minimum atomic E-state index is 0.107. The van der Waals surface area contributed by atoms with E-state index in [1.807, 2.05) is 41.6 Å². The monoisotopic (exact) mass is 865 g/mol. The first-order valence-corrected chi connectivity index (χ1v) is 21.3. The van der Waals surface area contributed by atoms with E-state index in [9.17, 15) is 4.79 Å². The number of amides is 1. The van der Waals surface area contributed by atoms with E-state index >= 15 is 0 Å². The maximum Gasteiger partial charge on any atom is 0.292 e. The van der Waals surface area contributed by atoms with E-state index in [0.29, 0.717) is 165 Å². The van der Waals surface area contributed by atoms with E-state index < -0.39 is 0 Å². The second-order valence-electron chi connectivity index (χ2n) is 14.0. The molecule has 0 saturated carbocycles. The van der Waals surface area contributed by atoms with E-state index in [4.69, 9.17) is 64.6 Å². The molecule has 0 fully saturated rings. The van der Waals surface area contributed by atoms with Gasteiger partial charge in [0, 0.05) is 38.4 Å². The molecule has 0 spiro atoms. The summed E-state index contributed by atoms with van der Waals surface area (Å²) in [6, 6.07) is 12.0. The van der Waals surface area contributed by atoms with Gasteiger partial charge in [0.2, 0.25) is 5.91 Å². The molecular formula is C43H63N9O10. The fraction of sp³-hybridized carbons (Fsp3) is 0.558. The van der Waals surface area contributed by atoms with Gasteiger partial charge in [0.15, 0.2) is 11.2 Å². The Morgan fingerprint density at radius 1 is 0.726 bits per heavy atom. The van der Waals surface area contributed by atoms with Crippen molar-refractivity contribution in [3.8, 4) is 11.3 Å². The van der Waals surface area contributed by atoms with E-state index in [1.54, 1.807) is 0 Å². The van der Waals surface area contributed by atoms with Gasteiger partial charge in [-0.25, -0.2) is 14.6 Å². The van der Waals surface area contributed by atoms with Crippen molar-refractivity contribution in [3.05, 3.63) is 59.4 Å². The van der Waals surface area contributed by atoms with Crippen LogP contribution in [0.15, 0.2) is 47.1 Å². The SMILES string of the molecule is CCOCCOCCC(=O)N1CCc2cc(Cn3nc(-c4ccc5oc(N)nc5c4)c4c(N)ncnc43)ccc2C1.CCOCCOCCOCCOCCOCCOCCN. The molecule has 1 aliphatic rings. The molecule has 1 amide bonds. The van der Waals surface area contributed by atoms with Gasteiger partial charge in [0.25, 0.3) is 6.01 Å². The lowest BCUT2D eigenvalue weighted by Gasteiger charge is -2.29. The molecular weight excluding hydrogens is 803 g/mol. The third-order valence-corrected chi connectivity index (χ3v) is 9.57. The van der Waals surface area contributed by atoms with Gasteiger partial charge in [-0.15, -0.1) is 0 Å². The van der Waals surface area contributed by atoms with E-state index in [-0.39, 0.29) is 11.9 Å². The molecule has 0 unspecified atom stereocenters. The number of benzene rings is 2. The Balaban J connectivity index is 0.000000295. The van der Waals surface area contributed by atoms with Gasteiger partial charge < -0.3 is 64.4 Å². The van der Waals surface area contributed by atoms with Crippen LogP contribution in [0.1, 0.15) is 37.0 Å². The summed E-state index contributed by atoms with van der Waals surface area (Å²) in [7, 11) is 0. The highest BCUT2D eigenvalue weighted by molar-refractivity contribution is 5.99. The number of nitrogen functional groups attached to an aromatic ring is 2. The first kappa shape index (κ1) is 48.2. The first-order valence-electron chi connectivity index (χ1n) is 21.3. The molecule has 5 aromatic rings. The lowest BCUT2D eigenvalue weighted by Crippen LogP contribution is -2.36. The van der Waals surface area contributed by atoms with Crippen molar-refractivity contribution in [1.82, 2.24) is 29.6 Å². The van der Waals surface area contributed by atoms with Crippen LogP contribution >= 0.6 is 0 Å². The highest BCUT2D eigenvalue weighted by Crippen LogP contribution is 2.33. The summed E-state index contributed by atoms with van der Waals surface area (Å²) in [5, 5.41) is 5.58. The van der Waals surface area contributed by atoms with Gasteiger partial charge in [0.1, 0.15) is 23.4 Å². The lowest BCUT2D eigenvalue weighted by atomic mass is 9.97. The van der Waals surface area contributed by atoms with Gasteiger partial charge >= 0.3 is 0 Å². The zero-order valence-corrected chi connectivity index (χ0v) is 36.1. The minimum Gasteiger partial charge on any atom is -0.424 e. The topological polar surface area (TPSA) is 242 Å². The molecule has 6 rings (SSSR count). The Morgan fingerprint density at radius 2 is 1.34 bits per heavy atom. The fourth-order valence-corrected chi connectivity index (χ4v) is 6.53. The Bertz CT molecular complexity index is 2050. The van der Waals surface area contributed by atoms with Crippen LogP contribution < -0.4 is 17.2 Å². The lowest BCUT2D eigenvalue weighted by molar-refractivity contribution is -0.133. The molecule has 0 saturated heterocycles. The highest BCUT2D eigenvalue weighted by Gasteiger charge is 2.22. The van der Waals surface area contributed by atoms with Crippen molar-refractivity contribution in [3.63, 3.8) is 0 Å². The van der Waals surface area contributed by atoms with Crippen molar-refractivity contribution < 1.29 is 47.1 Å². The summed E-state index contributed by atoms with van der Waals surface area (Å²) in [6.45, 7) is 15.4. The molecule has 1 aliphatic heterocycles. The molecule has 0 atom stereocenters. The minimum absolute atomic E-state index is 0.107. The number of aromatic nitrogens is 5. The van der Waals surface area contributed by atoms with Gasteiger partial charge in [-0.05, 0) is 55.2 Å². The number of carbonyl (C=O) groups is 1. The Kier molecular flexibility index (Phi) is 21.2. The van der Waals surface area contributed by atoms with Gasteiger partial charge in [-0.1, -0.05) is 18.2 Å². The summed E-state index contributed by atoms with van der Waals surface area (Å²) in [4.78, 5) is 27.6. The second kappa shape index (κ2) is 27.3. The third kappa shape index (κ3) is 15.5. The number of hydrogen-bond donors (Lipinski definition) is 3. The molecule has 62 heavy (non-hydrogen) atoms. The average Bonchev–Trinajstić information content (AvgIpc) is 3.85. The number of ether oxygens (including phenoxy) is 8. The van der Waals surface area contributed by atoms with Crippen LogP contribution in [-0.4, -0.2) is 154 Å². The third-order valence-electron chi connectivity index (χ3n) is 9.57. The number of carbonyl (C=O) groups excluding carboxylic acids is 1. The quantitative estimate of drug-likeness (QED) is 0.0611. The molecule has 340 valence electrons. The summed E-state index contributed by atoms with van der Waals surface area (Å²) in [5.41, 5.74) is 24.1. The van der Waals surface area contributed by atoms with Gasteiger partial charge in [-0.2, -0.15) is 10.1 Å². The zero-order chi connectivity index (χ0) is 43.8. The molecule has 6 N–H and O–H groups in total. The second-order valence-corrected chi connectivity index (χ2v) is 14.0. The maximum absolute atomic E-state index is 12.7.